The Labute approximate surface area is 180 Å². The number of rotatable bonds is 6. The highest BCUT2D eigenvalue weighted by Gasteiger charge is 2.08. The Morgan fingerprint density at radius 2 is 1.52 bits per heavy atom. The molecule has 0 aliphatic rings. The zero-order valence-corrected chi connectivity index (χ0v) is 19.4. The molecule has 0 amide bonds. The van der Waals surface area contributed by atoms with E-state index in [1.807, 2.05) is 6.07 Å². The quantitative estimate of drug-likeness (QED) is 0.373. The van der Waals surface area contributed by atoms with Gasteiger partial charge in [0.25, 0.3) is 0 Å². The fraction of sp³-hybridized carbons (Fsp3) is 0.381. The predicted molar refractivity (Wildman–Crippen MR) is 126 cm³/mol. The van der Waals surface area contributed by atoms with Crippen LogP contribution in [-0.4, -0.2) is 34.2 Å². The minimum atomic E-state index is 0. The lowest BCUT2D eigenvalue weighted by Gasteiger charge is -2.20. The van der Waals surface area contributed by atoms with Gasteiger partial charge in [0.15, 0.2) is 5.96 Å². The van der Waals surface area contributed by atoms with Crippen molar-refractivity contribution in [3.8, 4) is 5.75 Å². The van der Waals surface area contributed by atoms with Gasteiger partial charge in [-0.25, -0.2) is 0 Å². The number of methoxy groups -OCH3 is 1. The van der Waals surface area contributed by atoms with Gasteiger partial charge in [-0.1, -0.05) is 24.3 Å². The van der Waals surface area contributed by atoms with Crippen LogP contribution in [0, 0.1) is 13.8 Å². The monoisotopic (exact) mass is 482 g/mol. The van der Waals surface area contributed by atoms with E-state index in [2.05, 4.69) is 78.8 Å². The number of aryl methyl sites for hydroxylation is 2. The first-order valence-corrected chi connectivity index (χ1v) is 8.79. The molecule has 0 unspecified atom stereocenters. The van der Waals surface area contributed by atoms with Crippen molar-refractivity contribution in [1.82, 2.24) is 10.6 Å². The second kappa shape index (κ2) is 11.0. The summed E-state index contributed by atoms with van der Waals surface area (Å²) in [7, 11) is 7.61. The van der Waals surface area contributed by atoms with E-state index in [1.165, 1.54) is 22.4 Å². The summed E-state index contributed by atoms with van der Waals surface area (Å²) in [5.41, 5.74) is 5.99. The molecule has 0 saturated heterocycles. The van der Waals surface area contributed by atoms with Crippen molar-refractivity contribution in [2.45, 2.75) is 26.9 Å². The fourth-order valence-electron chi connectivity index (χ4n) is 2.82. The van der Waals surface area contributed by atoms with Crippen molar-refractivity contribution < 1.29 is 4.74 Å². The number of halogens is 1. The van der Waals surface area contributed by atoms with E-state index in [0.29, 0.717) is 13.1 Å². The second-order valence-corrected chi connectivity index (χ2v) is 6.62. The topological polar surface area (TPSA) is 48.9 Å². The second-order valence-electron chi connectivity index (χ2n) is 6.62. The normalized spacial score (nSPS) is 10.8. The Hall–Kier alpha value is -1.96. The highest BCUT2D eigenvalue weighted by Crippen LogP contribution is 2.21. The third-order valence-corrected chi connectivity index (χ3v) is 4.28. The summed E-state index contributed by atoms with van der Waals surface area (Å²) in [6, 6.07) is 12.7. The number of guanidine groups is 1. The average Bonchev–Trinajstić information content (AvgIpc) is 2.63. The van der Waals surface area contributed by atoms with Gasteiger partial charge < -0.3 is 20.3 Å². The highest BCUT2D eigenvalue weighted by molar-refractivity contribution is 14.0. The molecule has 2 N–H and O–H groups in total. The van der Waals surface area contributed by atoms with Gasteiger partial charge in [-0.05, 0) is 42.7 Å². The van der Waals surface area contributed by atoms with Crippen LogP contribution in [0.15, 0.2) is 41.4 Å². The molecule has 148 valence electrons. The van der Waals surface area contributed by atoms with E-state index in [-0.39, 0.29) is 24.0 Å². The standard InChI is InChI=1S/C21H30N4O.HI/c1-15-7-9-17(19(11-15)25(4)5)13-23-21(22-3)24-14-18-10-8-16(2)12-20(18)26-6;/h7-12H,13-14H2,1-6H3,(H2,22,23,24);1H. The number of benzene rings is 2. The molecule has 0 aliphatic carbocycles. The van der Waals surface area contributed by atoms with Gasteiger partial charge in [0.2, 0.25) is 0 Å². The molecule has 0 spiro atoms. The number of nitrogens with zero attached hydrogens (tertiary/aromatic N) is 2. The van der Waals surface area contributed by atoms with Gasteiger partial charge in [0, 0.05) is 45.5 Å². The average molecular weight is 482 g/mol. The fourth-order valence-corrected chi connectivity index (χ4v) is 2.82. The molecule has 2 aromatic rings. The van der Waals surface area contributed by atoms with Crippen molar-refractivity contribution >= 4 is 35.6 Å². The molecular weight excluding hydrogens is 451 g/mol. The maximum Gasteiger partial charge on any atom is 0.191 e. The van der Waals surface area contributed by atoms with Crippen LogP contribution in [-0.2, 0) is 13.1 Å². The Bertz CT molecular complexity index is 775. The van der Waals surface area contributed by atoms with Crippen molar-refractivity contribution in [1.29, 1.82) is 0 Å². The largest absolute Gasteiger partial charge is 0.496 e. The molecule has 5 nitrogen and oxygen atoms in total. The molecule has 2 rings (SSSR count). The molecule has 2 aromatic carbocycles. The van der Waals surface area contributed by atoms with Crippen LogP contribution in [0.1, 0.15) is 22.3 Å². The minimum Gasteiger partial charge on any atom is -0.496 e. The van der Waals surface area contributed by atoms with E-state index in [4.69, 9.17) is 4.74 Å². The van der Waals surface area contributed by atoms with Gasteiger partial charge in [0.05, 0.1) is 7.11 Å². The Morgan fingerprint density at radius 1 is 0.963 bits per heavy atom. The number of aliphatic imine (C=N–C) groups is 1. The first-order valence-electron chi connectivity index (χ1n) is 8.79. The summed E-state index contributed by atoms with van der Waals surface area (Å²) in [4.78, 5) is 6.46. The van der Waals surface area contributed by atoms with E-state index < -0.39 is 0 Å². The van der Waals surface area contributed by atoms with Gasteiger partial charge in [-0.3, -0.25) is 4.99 Å². The maximum atomic E-state index is 5.47. The molecule has 6 heteroatoms. The Balaban J connectivity index is 0.00000364. The summed E-state index contributed by atoms with van der Waals surface area (Å²) in [5, 5.41) is 6.75. The first-order chi connectivity index (χ1) is 12.4. The summed E-state index contributed by atoms with van der Waals surface area (Å²) >= 11 is 0. The molecule has 0 fully saturated rings. The molecule has 0 atom stereocenters. The Kier molecular flexibility index (Phi) is 9.41. The summed E-state index contributed by atoms with van der Waals surface area (Å²) < 4.78 is 5.47. The number of nitrogens with one attached hydrogen (secondary N) is 2. The zero-order chi connectivity index (χ0) is 19.1. The third kappa shape index (κ3) is 6.61. The predicted octanol–water partition coefficient (Wildman–Crippen LogP) is 3.86. The molecular formula is C21H31IN4O. The van der Waals surface area contributed by atoms with Crippen LogP contribution < -0.4 is 20.3 Å². The number of ether oxygens (including phenoxy) is 1. The van der Waals surface area contributed by atoms with E-state index in [9.17, 15) is 0 Å². The van der Waals surface area contributed by atoms with Crippen molar-refractivity contribution in [2.75, 3.05) is 33.2 Å². The maximum absolute atomic E-state index is 5.47. The number of anilines is 1. The highest BCUT2D eigenvalue weighted by atomic mass is 127. The molecule has 0 saturated carbocycles. The van der Waals surface area contributed by atoms with Crippen LogP contribution >= 0.6 is 24.0 Å². The van der Waals surface area contributed by atoms with Gasteiger partial charge in [-0.2, -0.15) is 0 Å². The van der Waals surface area contributed by atoms with Crippen molar-refractivity contribution in [3.05, 3.63) is 58.7 Å². The van der Waals surface area contributed by atoms with E-state index >= 15 is 0 Å². The van der Waals surface area contributed by atoms with Crippen LogP contribution in [0.3, 0.4) is 0 Å². The van der Waals surface area contributed by atoms with Crippen molar-refractivity contribution in [3.63, 3.8) is 0 Å². The van der Waals surface area contributed by atoms with Crippen molar-refractivity contribution in [2.24, 2.45) is 4.99 Å². The number of hydrogen-bond acceptors (Lipinski definition) is 3. The Morgan fingerprint density at radius 3 is 2.07 bits per heavy atom. The SMILES string of the molecule is CN=C(NCc1ccc(C)cc1OC)NCc1ccc(C)cc1N(C)C.I. The lowest BCUT2D eigenvalue weighted by molar-refractivity contribution is 0.408. The third-order valence-electron chi connectivity index (χ3n) is 4.28. The van der Waals surface area contributed by atoms with Crippen LogP contribution in [0.4, 0.5) is 5.69 Å². The number of hydrogen-bond donors (Lipinski definition) is 2. The smallest absolute Gasteiger partial charge is 0.191 e. The van der Waals surface area contributed by atoms with Crippen LogP contribution in [0.2, 0.25) is 0 Å². The summed E-state index contributed by atoms with van der Waals surface area (Å²) in [6.45, 7) is 5.53. The molecule has 0 radical (unpaired) electrons. The molecule has 0 bridgehead atoms. The summed E-state index contributed by atoms with van der Waals surface area (Å²) in [5.74, 6) is 1.65. The van der Waals surface area contributed by atoms with E-state index in [0.717, 1.165) is 17.3 Å². The van der Waals surface area contributed by atoms with Gasteiger partial charge in [0.1, 0.15) is 5.75 Å². The lowest BCUT2D eigenvalue weighted by atomic mass is 10.1. The van der Waals surface area contributed by atoms with E-state index in [1.54, 1.807) is 14.2 Å². The molecule has 27 heavy (non-hydrogen) atoms. The van der Waals surface area contributed by atoms with Crippen LogP contribution in [0.5, 0.6) is 5.75 Å². The lowest BCUT2D eigenvalue weighted by Crippen LogP contribution is -2.36. The first kappa shape index (κ1) is 23.1. The van der Waals surface area contributed by atoms with Crippen LogP contribution in [0.25, 0.3) is 0 Å². The zero-order valence-electron chi connectivity index (χ0n) is 17.1. The molecule has 0 heterocycles. The van der Waals surface area contributed by atoms with Gasteiger partial charge >= 0.3 is 0 Å². The van der Waals surface area contributed by atoms with Gasteiger partial charge in [-0.15, -0.1) is 24.0 Å². The summed E-state index contributed by atoms with van der Waals surface area (Å²) in [6.07, 6.45) is 0. The minimum absolute atomic E-state index is 0. The molecule has 0 aromatic heterocycles. The molecule has 0 aliphatic heterocycles.